The Morgan fingerprint density at radius 3 is 1.96 bits per heavy atom. The lowest BCUT2D eigenvalue weighted by Gasteiger charge is -2.13. The molecule has 5 aromatic rings. The summed E-state index contributed by atoms with van der Waals surface area (Å²) in [6.45, 7) is 0. The van der Waals surface area contributed by atoms with E-state index in [9.17, 15) is 20.2 Å². The molecule has 6 heteroatoms. The van der Waals surface area contributed by atoms with E-state index < -0.39 is 4.92 Å². The van der Waals surface area contributed by atoms with Gasteiger partial charge in [-0.2, -0.15) is 0 Å². The van der Waals surface area contributed by atoms with Gasteiger partial charge in [-0.1, -0.05) is 30.3 Å². The molecule has 0 saturated carbocycles. The van der Waals surface area contributed by atoms with Crippen LogP contribution in [0.15, 0.2) is 60.7 Å². The van der Waals surface area contributed by atoms with Crippen molar-refractivity contribution in [2.45, 2.75) is 0 Å². The second-order valence-corrected chi connectivity index (χ2v) is 6.24. The molecule has 0 atom stereocenters. The minimum Gasteiger partial charge on any atom is -0.258 e. The van der Waals surface area contributed by atoms with Gasteiger partial charge >= 0.3 is 0 Å². The number of fused-ring (bicyclic) bond motifs is 2. The third-order valence-electron chi connectivity index (χ3n) is 5.00. The molecule has 0 aliphatic carbocycles. The van der Waals surface area contributed by atoms with E-state index in [1.54, 1.807) is 36.4 Å². The van der Waals surface area contributed by atoms with Crippen molar-refractivity contribution in [1.82, 2.24) is 0 Å². The quantitative estimate of drug-likeness (QED) is 0.182. The molecular formula is C20H10N2O4. The van der Waals surface area contributed by atoms with Crippen LogP contribution >= 0.6 is 0 Å². The van der Waals surface area contributed by atoms with Crippen molar-refractivity contribution in [3.8, 4) is 0 Å². The summed E-state index contributed by atoms with van der Waals surface area (Å²) in [5.41, 5.74) is 0.0386. The van der Waals surface area contributed by atoms with Gasteiger partial charge in [0.2, 0.25) is 0 Å². The van der Waals surface area contributed by atoms with Crippen molar-refractivity contribution in [1.29, 1.82) is 0 Å². The van der Waals surface area contributed by atoms with Crippen LogP contribution in [0.4, 0.5) is 11.4 Å². The molecule has 5 aromatic carbocycles. The molecule has 124 valence electrons. The van der Waals surface area contributed by atoms with Crippen LogP contribution in [0.2, 0.25) is 0 Å². The maximum absolute atomic E-state index is 11.8. The van der Waals surface area contributed by atoms with Crippen LogP contribution in [-0.4, -0.2) is 9.85 Å². The summed E-state index contributed by atoms with van der Waals surface area (Å²) in [7, 11) is 0. The Morgan fingerprint density at radius 1 is 0.577 bits per heavy atom. The topological polar surface area (TPSA) is 86.3 Å². The first-order chi connectivity index (χ1) is 12.6. The lowest BCUT2D eigenvalue weighted by atomic mass is 9.89. The van der Waals surface area contributed by atoms with Gasteiger partial charge in [0.1, 0.15) is 0 Å². The number of nitro benzene ring substituents is 2. The lowest BCUT2D eigenvalue weighted by molar-refractivity contribution is -0.383. The summed E-state index contributed by atoms with van der Waals surface area (Å²) in [5, 5.41) is 28.7. The number of non-ortho nitro benzene ring substituents is 2. The fourth-order valence-corrected chi connectivity index (χ4v) is 3.98. The molecule has 0 saturated heterocycles. The Labute approximate surface area is 145 Å². The highest BCUT2D eigenvalue weighted by atomic mass is 16.6. The number of nitro groups is 2. The SMILES string of the molecule is O=[N+]([O-])c1ccc2ccc3c([N+](=O)[O-])c4ccccc4c4ccc1c2c34. The maximum Gasteiger partial charge on any atom is 0.285 e. The van der Waals surface area contributed by atoms with Gasteiger partial charge in [-0.05, 0) is 40.4 Å². The van der Waals surface area contributed by atoms with E-state index in [0.29, 0.717) is 26.9 Å². The van der Waals surface area contributed by atoms with Gasteiger partial charge in [0.25, 0.3) is 11.4 Å². The number of rotatable bonds is 2. The Hall–Kier alpha value is -3.80. The minimum atomic E-state index is -0.418. The van der Waals surface area contributed by atoms with E-state index in [1.165, 1.54) is 6.07 Å². The maximum atomic E-state index is 11.8. The van der Waals surface area contributed by atoms with Crippen LogP contribution in [-0.2, 0) is 0 Å². The Morgan fingerprint density at radius 2 is 1.23 bits per heavy atom. The highest BCUT2D eigenvalue weighted by Gasteiger charge is 2.24. The zero-order chi connectivity index (χ0) is 18.0. The molecule has 0 spiro atoms. The minimum absolute atomic E-state index is 0.00251. The van der Waals surface area contributed by atoms with Crippen LogP contribution in [0, 0.1) is 20.2 Å². The summed E-state index contributed by atoms with van der Waals surface area (Å²) < 4.78 is 0. The van der Waals surface area contributed by atoms with E-state index in [0.717, 1.165) is 16.2 Å². The van der Waals surface area contributed by atoms with Crippen molar-refractivity contribution in [2.24, 2.45) is 0 Å². The van der Waals surface area contributed by atoms with E-state index in [2.05, 4.69) is 0 Å². The van der Waals surface area contributed by atoms with Gasteiger partial charge < -0.3 is 0 Å². The molecule has 0 fully saturated rings. The van der Waals surface area contributed by atoms with Crippen molar-refractivity contribution < 1.29 is 9.85 Å². The number of hydrogen-bond donors (Lipinski definition) is 0. The summed E-state index contributed by atoms with van der Waals surface area (Å²) in [5.74, 6) is 0. The van der Waals surface area contributed by atoms with Gasteiger partial charge in [0, 0.05) is 16.8 Å². The van der Waals surface area contributed by atoms with Gasteiger partial charge in [-0.3, -0.25) is 20.2 Å². The molecule has 0 radical (unpaired) electrons. The standard InChI is InChI=1S/C20H10N2O4/c23-21(24)17-10-6-11-5-7-16-19-13(8-9-15(17)18(11)19)12-3-1-2-4-14(12)20(16)22(25)26/h1-10H. The molecule has 26 heavy (non-hydrogen) atoms. The third-order valence-corrected chi connectivity index (χ3v) is 5.00. The van der Waals surface area contributed by atoms with Crippen LogP contribution in [0.1, 0.15) is 0 Å². The Bertz CT molecular complexity index is 1390. The molecule has 6 nitrogen and oxygen atoms in total. The van der Waals surface area contributed by atoms with Crippen LogP contribution in [0.5, 0.6) is 0 Å². The molecule has 0 aliphatic rings. The van der Waals surface area contributed by atoms with E-state index in [4.69, 9.17) is 0 Å². The van der Waals surface area contributed by atoms with Gasteiger partial charge in [-0.25, -0.2) is 0 Å². The Kier molecular flexibility index (Phi) is 2.72. The summed E-state index contributed by atoms with van der Waals surface area (Å²) >= 11 is 0. The second kappa shape index (κ2) is 4.86. The van der Waals surface area contributed by atoms with Gasteiger partial charge in [0.05, 0.1) is 26.0 Å². The van der Waals surface area contributed by atoms with E-state index >= 15 is 0 Å². The molecule has 0 bridgehead atoms. The third kappa shape index (κ3) is 1.70. The smallest absolute Gasteiger partial charge is 0.258 e. The van der Waals surface area contributed by atoms with Crippen molar-refractivity contribution in [3.05, 3.63) is 80.9 Å². The molecule has 0 N–H and O–H groups in total. The van der Waals surface area contributed by atoms with Crippen molar-refractivity contribution in [3.63, 3.8) is 0 Å². The first-order valence-electron chi connectivity index (χ1n) is 7.99. The average Bonchev–Trinajstić information content (AvgIpc) is 2.64. The van der Waals surface area contributed by atoms with Crippen LogP contribution in [0.3, 0.4) is 0 Å². The highest BCUT2D eigenvalue weighted by Crippen LogP contribution is 2.45. The van der Waals surface area contributed by atoms with Crippen molar-refractivity contribution >= 4 is 54.5 Å². The molecule has 0 aromatic heterocycles. The molecular weight excluding hydrogens is 332 g/mol. The van der Waals surface area contributed by atoms with Crippen LogP contribution < -0.4 is 0 Å². The summed E-state index contributed by atoms with van der Waals surface area (Å²) in [6.07, 6.45) is 0. The number of benzene rings is 5. The molecule has 0 heterocycles. The zero-order valence-electron chi connectivity index (χ0n) is 13.3. The van der Waals surface area contributed by atoms with E-state index in [1.807, 2.05) is 18.2 Å². The van der Waals surface area contributed by atoms with Crippen LogP contribution in [0.25, 0.3) is 43.1 Å². The monoisotopic (exact) mass is 342 g/mol. The van der Waals surface area contributed by atoms with Gasteiger partial charge in [0.15, 0.2) is 0 Å². The van der Waals surface area contributed by atoms with Gasteiger partial charge in [-0.15, -0.1) is 0 Å². The Balaban J connectivity index is 2.18. The van der Waals surface area contributed by atoms with Crippen molar-refractivity contribution in [2.75, 3.05) is 0 Å². The molecule has 0 amide bonds. The normalized spacial score (nSPS) is 11.7. The first kappa shape index (κ1) is 14.5. The first-order valence-corrected chi connectivity index (χ1v) is 7.99. The predicted octanol–water partition coefficient (Wildman–Crippen LogP) is 5.55. The molecule has 5 rings (SSSR count). The molecule has 0 unspecified atom stereocenters. The zero-order valence-corrected chi connectivity index (χ0v) is 13.3. The highest BCUT2D eigenvalue weighted by molar-refractivity contribution is 6.32. The second-order valence-electron chi connectivity index (χ2n) is 6.24. The number of hydrogen-bond acceptors (Lipinski definition) is 4. The predicted molar refractivity (Wildman–Crippen MR) is 101 cm³/mol. The summed E-state index contributed by atoms with van der Waals surface area (Å²) in [6, 6.07) is 17.5. The number of nitrogens with zero attached hydrogens (tertiary/aromatic N) is 2. The molecule has 0 aliphatic heterocycles. The summed E-state index contributed by atoms with van der Waals surface area (Å²) in [4.78, 5) is 22.5. The fraction of sp³-hybridized carbons (Fsp3) is 0. The largest absolute Gasteiger partial charge is 0.285 e. The fourth-order valence-electron chi connectivity index (χ4n) is 3.98. The lowest BCUT2D eigenvalue weighted by Crippen LogP contribution is -1.96. The average molecular weight is 342 g/mol. The van der Waals surface area contributed by atoms with E-state index in [-0.39, 0.29) is 16.3 Å².